The van der Waals surface area contributed by atoms with E-state index in [0.29, 0.717) is 30.5 Å². The molecule has 3 aromatic rings. The minimum absolute atomic E-state index is 0.290. The Bertz CT molecular complexity index is 1220. The molecule has 2 aliphatic rings. The minimum atomic E-state index is -0.827. The van der Waals surface area contributed by atoms with Crippen LogP contribution in [-0.2, 0) is 15.3 Å². The van der Waals surface area contributed by atoms with E-state index in [1.807, 2.05) is 53.8 Å². The molecule has 0 aliphatic carbocycles. The van der Waals surface area contributed by atoms with Gasteiger partial charge in [-0.25, -0.2) is 9.37 Å². The second kappa shape index (κ2) is 7.71. The third kappa shape index (κ3) is 3.37. The number of rotatable bonds is 4. The molecule has 164 valence electrons. The summed E-state index contributed by atoms with van der Waals surface area (Å²) in [6.45, 7) is 4.95. The third-order valence-corrected chi connectivity index (χ3v) is 5.74. The number of nitrogens with zero attached hydrogens (tertiary/aromatic N) is 4. The van der Waals surface area contributed by atoms with Crippen molar-refractivity contribution in [3.05, 3.63) is 83.4 Å². The predicted octanol–water partition coefficient (Wildman–Crippen LogP) is 4.22. The standard InChI is InChI=1S/C24H23FN4O3/c1-16-14-28(15-26-16)20-9-4-17(12-21(20)30-3)13-22-23-27-32-24(2,29(23)10-11-31-22)18-5-7-19(25)8-6-18/h4-9,12-15H,10-11H2,1-3H3/b22-13-. The molecule has 7 nitrogen and oxygen atoms in total. The number of amidine groups is 1. The molecule has 0 saturated carbocycles. The van der Waals surface area contributed by atoms with Crippen molar-refractivity contribution in [2.75, 3.05) is 20.3 Å². The molecule has 0 bridgehead atoms. The van der Waals surface area contributed by atoms with Gasteiger partial charge in [-0.3, -0.25) is 0 Å². The second-order valence-electron chi connectivity index (χ2n) is 7.86. The van der Waals surface area contributed by atoms with Crippen molar-refractivity contribution < 1.29 is 18.7 Å². The largest absolute Gasteiger partial charge is 0.495 e. The number of aromatic nitrogens is 2. The molecule has 0 amide bonds. The lowest BCUT2D eigenvalue weighted by Crippen LogP contribution is -2.48. The first kappa shape index (κ1) is 20.1. The zero-order valence-electron chi connectivity index (χ0n) is 18.1. The fourth-order valence-corrected chi connectivity index (χ4v) is 4.02. The zero-order valence-corrected chi connectivity index (χ0v) is 18.1. The van der Waals surface area contributed by atoms with Gasteiger partial charge in [0.1, 0.15) is 18.2 Å². The molecule has 2 aliphatic heterocycles. The number of halogens is 1. The van der Waals surface area contributed by atoms with Gasteiger partial charge in [-0.2, -0.15) is 0 Å². The van der Waals surface area contributed by atoms with Crippen LogP contribution in [0.25, 0.3) is 11.8 Å². The molecule has 1 unspecified atom stereocenters. The highest BCUT2D eigenvalue weighted by atomic mass is 19.1. The van der Waals surface area contributed by atoms with Crippen molar-refractivity contribution in [1.29, 1.82) is 0 Å². The SMILES string of the molecule is COc1cc(/C=C2\OCCN3C2=NOC3(C)c2ccc(F)cc2)ccc1-n1cnc(C)c1. The van der Waals surface area contributed by atoms with Gasteiger partial charge >= 0.3 is 0 Å². The van der Waals surface area contributed by atoms with Crippen molar-refractivity contribution in [1.82, 2.24) is 14.5 Å². The summed E-state index contributed by atoms with van der Waals surface area (Å²) in [4.78, 5) is 12.2. The van der Waals surface area contributed by atoms with E-state index in [2.05, 4.69) is 10.1 Å². The van der Waals surface area contributed by atoms with Crippen LogP contribution in [0.15, 0.2) is 65.9 Å². The van der Waals surface area contributed by atoms with E-state index < -0.39 is 5.72 Å². The van der Waals surface area contributed by atoms with E-state index in [-0.39, 0.29) is 5.82 Å². The molecule has 1 atom stereocenters. The Balaban J connectivity index is 1.45. The molecule has 2 aromatic carbocycles. The maximum atomic E-state index is 13.4. The molecule has 0 N–H and O–H groups in total. The van der Waals surface area contributed by atoms with Gasteiger partial charge in [0.2, 0.25) is 11.6 Å². The molecule has 1 saturated heterocycles. The van der Waals surface area contributed by atoms with E-state index in [1.165, 1.54) is 12.1 Å². The van der Waals surface area contributed by atoms with Crippen LogP contribution in [0.3, 0.4) is 0 Å². The number of hydrogen-bond donors (Lipinski definition) is 0. The molecule has 3 heterocycles. The Morgan fingerprint density at radius 2 is 2.00 bits per heavy atom. The van der Waals surface area contributed by atoms with E-state index in [0.717, 1.165) is 22.5 Å². The average molecular weight is 434 g/mol. The highest BCUT2D eigenvalue weighted by Gasteiger charge is 2.46. The number of aryl methyl sites for hydroxylation is 1. The third-order valence-electron chi connectivity index (χ3n) is 5.74. The maximum Gasteiger partial charge on any atom is 0.234 e. The molecule has 0 radical (unpaired) electrons. The number of methoxy groups -OCH3 is 1. The lowest BCUT2D eigenvalue weighted by atomic mass is 10.0. The highest BCUT2D eigenvalue weighted by Crippen LogP contribution is 2.38. The fraction of sp³-hybridized carbons (Fsp3) is 0.250. The zero-order chi connectivity index (χ0) is 22.3. The molecule has 5 rings (SSSR count). The van der Waals surface area contributed by atoms with Gasteiger partial charge in [0.25, 0.3) is 0 Å². The Morgan fingerprint density at radius 1 is 1.19 bits per heavy atom. The maximum absolute atomic E-state index is 13.4. The van der Waals surface area contributed by atoms with Crippen LogP contribution in [0.1, 0.15) is 23.7 Å². The Labute approximate surface area is 185 Å². The molecule has 1 aromatic heterocycles. The van der Waals surface area contributed by atoms with Crippen molar-refractivity contribution in [3.63, 3.8) is 0 Å². The number of morpholine rings is 1. The summed E-state index contributed by atoms with van der Waals surface area (Å²) in [5, 5.41) is 4.31. The smallest absolute Gasteiger partial charge is 0.234 e. The lowest BCUT2D eigenvalue weighted by Gasteiger charge is -2.37. The summed E-state index contributed by atoms with van der Waals surface area (Å²) >= 11 is 0. The monoisotopic (exact) mass is 434 g/mol. The van der Waals surface area contributed by atoms with Crippen LogP contribution >= 0.6 is 0 Å². The van der Waals surface area contributed by atoms with Crippen molar-refractivity contribution in [3.8, 4) is 11.4 Å². The van der Waals surface area contributed by atoms with Crippen LogP contribution in [0, 0.1) is 12.7 Å². The number of fused-ring (bicyclic) bond motifs is 1. The van der Waals surface area contributed by atoms with Crippen molar-refractivity contribution in [2.24, 2.45) is 5.16 Å². The topological polar surface area (TPSA) is 61.1 Å². The predicted molar refractivity (Wildman–Crippen MR) is 118 cm³/mol. The van der Waals surface area contributed by atoms with Gasteiger partial charge in [-0.15, -0.1) is 0 Å². The minimum Gasteiger partial charge on any atom is -0.495 e. The van der Waals surface area contributed by atoms with Crippen molar-refractivity contribution in [2.45, 2.75) is 19.6 Å². The normalized spacial score (nSPS) is 21.1. The molecule has 32 heavy (non-hydrogen) atoms. The number of benzene rings is 2. The van der Waals surface area contributed by atoms with Gasteiger partial charge in [0.15, 0.2) is 5.76 Å². The first-order valence-electron chi connectivity index (χ1n) is 10.3. The highest BCUT2D eigenvalue weighted by molar-refractivity contribution is 6.01. The van der Waals surface area contributed by atoms with Gasteiger partial charge in [0, 0.05) is 18.7 Å². The fourth-order valence-electron chi connectivity index (χ4n) is 4.02. The number of oxime groups is 1. The van der Waals surface area contributed by atoms with Crippen LogP contribution in [-0.4, -0.2) is 40.5 Å². The van der Waals surface area contributed by atoms with Gasteiger partial charge < -0.3 is 23.8 Å². The Morgan fingerprint density at radius 3 is 2.72 bits per heavy atom. The molecular formula is C24H23FN4O3. The Hall–Kier alpha value is -3.81. The number of ether oxygens (including phenoxy) is 2. The van der Waals surface area contributed by atoms with Crippen LogP contribution in [0.4, 0.5) is 4.39 Å². The second-order valence-corrected chi connectivity index (χ2v) is 7.86. The van der Waals surface area contributed by atoms with Crippen LogP contribution < -0.4 is 4.74 Å². The molecular weight excluding hydrogens is 411 g/mol. The quantitative estimate of drug-likeness (QED) is 0.615. The van der Waals surface area contributed by atoms with E-state index >= 15 is 0 Å². The molecule has 8 heteroatoms. The van der Waals surface area contributed by atoms with E-state index in [9.17, 15) is 4.39 Å². The summed E-state index contributed by atoms with van der Waals surface area (Å²) in [6, 6.07) is 12.2. The van der Waals surface area contributed by atoms with Crippen molar-refractivity contribution >= 4 is 11.9 Å². The van der Waals surface area contributed by atoms with Gasteiger partial charge in [0.05, 0.1) is 31.4 Å². The first-order chi connectivity index (χ1) is 15.5. The summed E-state index contributed by atoms with van der Waals surface area (Å²) in [6.07, 6.45) is 5.61. The summed E-state index contributed by atoms with van der Waals surface area (Å²) < 4.78 is 26.9. The molecule has 1 fully saturated rings. The van der Waals surface area contributed by atoms with Gasteiger partial charge in [-0.05, 0) is 42.8 Å². The molecule has 0 spiro atoms. The van der Waals surface area contributed by atoms with E-state index in [4.69, 9.17) is 14.3 Å². The van der Waals surface area contributed by atoms with Crippen LogP contribution in [0.2, 0.25) is 0 Å². The lowest BCUT2D eigenvalue weighted by molar-refractivity contribution is -0.0968. The summed E-state index contributed by atoms with van der Waals surface area (Å²) in [7, 11) is 1.64. The van der Waals surface area contributed by atoms with Crippen LogP contribution in [0.5, 0.6) is 5.75 Å². The first-order valence-corrected chi connectivity index (χ1v) is 10.3. The van der Waals surface area contributed by atoms with E-state index in [1.54, 1.807) is 25.6 Å². The number of hydrogen-bond acceptors (Lipinski definition) is 6. The summed E-state index contributed by atoms with van der Waals surface area (Å²) in [5.41, 5.74) is 2.72. The number of imidazole rings is 1. The summed E-state index contributed by atoms with van der Waals surface area (Å²) in [5.74, 6) is 1.64. The average Bonchev–Trinajstić information content (AvgIpc) is 3.39. The van der Waals surface area contributed by atoms with Gasteiger partial charge in [-0.1, -0.05) is 23.4 Å². The Kier molecular flexibility index (Phi) is 4.84.